The van der Waals surface area contributed by atoms with Gasteiger partial charge in [0, 0.05) is 24.8 Å². The van der Waals surface area contributed by atoms with E-state index >= 15 is 0 Å². The fraction of sp³-hybridized carbons (Fsp3) is 0.133. The van der Waals surface area contributed by atoms with Crippen molar-refractivity contribution >= 4 is 17.3 Å². The number of hydrogen-bond donors (Lipinski definition) is 1. The molecule has 6 nitrogen and oxygen atoms in total. The van der Waals surface area contributed by atoms with Gasteiger partial charge in [-0.3, -0.25) is 10.1 Å². The Morgan fingerprint density at radius 3 is 2.29 bits per heavy atom. The highest BCUT2D eigenvalue weighted by Crippen LogP contribution is 2.31. The minimum Gasteiger partial charge on any atom is -0.477 e. The first-order valence-electron chi connectivity index (χ1n) is 6.40. The quantitative estimate of drug-likeness (QED) is 0.692. The van der Waals surface area contributed by atoms with Crippen molar-refractivity contribution in [3.05, 3.63) is 69.3 Å². The lowest BCUT2D eigenvalue weighted by atomic mass is 10.1. The van der Waals surface area contributed by atoms with E-state index in [-0.39, 0.29) is 11.3 Å². The summed E-state index contributed by atoms with van der Waals surface area (Å²) in [6.45, 7) is 1.33. The topological polar surface area (TPSA) is 83.7 Å². The standard InChI is InChI=1S/C15H12N2O4/c18-15(19)13-6-5-12(7-14(13)17(20)21)16-8-10-3-1-2-4-11(10)9-16/h1-7H,8-9H2,(H,18,19). The van der Waals surface area contributed by atoms with Crippen molar-refractivity contribution < 1.29 is 14.8 Å². The molecule has 0 radical (unpaired) electrons. The number of benzene rings is 2. The zero-order valence-electron chi connectivity index (χ0n) is 11.0. The second kappa shape index (κ2) is 4.90. The highest BCUT2D eigenvalue weighted by Gasteiger charge is 2.24. The molecule has 0 amide bonds. The number of fused-ring (bicyclic) bond motifs is 1. The van der Waals surface area contributed by atoms with Crippen molar-refractivity contribution in [2.45, 2.75) is 13.1 Å². The number of carbonyl (C=O) groups is 1. The van der Waals surface area contributed by atoms with Gasteiger partial charge in [-0.25, -0.2) is 4.79 Å². The molecule has 1 aliphatic rings. The number of carboxylic acid groups (broad SMARTS) is 1. The molecule has 1 aliphatic heterocycles. The number of anilines is 1. The smallest absolute Gasteiger partial charge is 0.342 e. The third-order valence-corrected chi connectivity index (χ3v) is 3.61. The number of nitro groups is 1. The average molecular weight is 284 g/mol. The Labute approximate surface area is 120 Å². The lowest BCUT2D eigenvalue weighted by molar-refractivity contribution is -0.385. The van der Waals surface area contributed by atoms with Crippen molar-refractivity contribution in [1.29, 1.82) is 0 Å². The van der Waals surface area contributed by atoms with Gasteiger partial charge in [0.15, 0.2) is 0 Å². The number of rotatable bonds is 3. The molecule has 3 rings (SSSR count). The maximum absolute atomic E-state index is 11.0. The summed E-state index contributed by atoms with van der Waals surface area (Å²) >= 11 is 0. The number of aromatic carboxylic acids is 1. The first-order chi connectivity index (χ1) is 10.1. The Morgan fingerprint density at radius 2 is 1.76 bits per heavy atom. The Hall–Kier alpha value is -2.89. The van der Waals surface area contributed by atoms with Crippen molar-refractivity contribution in [3.8, 4) is 0 Å². The molecular formula is C15H12N2O4. The van der Waals surface area contributed by atoms with Gasteiger partial charge in [-0.05, 0) is 23.3 Å². The van der Waals surface area contributed by atoms with E-state index in [1.807, 2.05) is 29.2 Å². The fourth-order valence-electron chi connectivity index (χ4n) is 2.56. The minimum atomic E-state index is -1.29. The molecule has 0 aliphatic carbocycles. The van der Waals surface area contributed by atoms with Crippen LogP contribution in [0.4, 0.5) is 11.4 Å². The molecule has 0 aromatic heterocycles. The van der Waals surface area contributed by atoms with E-state index in [0.717, 1.165) is 0 Å². The first kappa shape index (κ1) is 13.1. The van der Waals surface area contributed by atoms with E-state index in [0.29, 0.717) is 18.8 Å². The van der Waals surface area contributed by atoms with E-state index in [4.69, 9.17) is 5.11 Å². The summed E-state index contributed by atoms with van der Waals surface area (Å²) in [5.74, 6) is -1.29. The third kappa shape index (κ3) is 2.31. The number of nitrogens with zero attached hydrogens (tertiary/aromatic N) is 2. The Morgan fingerprint density at radius 1 is 1.14 bits per heavy atom. The highest BCUT2D eigenvalue weighted by molar-refractivity contribution is 5.93. The Kier molecular flexibility index (Phi) is 3.06. The predicted octanol–water partition coefficient (Wildman–Crippen LogP) is 2.81. The van der Waals surface area contributed by atoms with Crippen LogP contribution in [-0.4, -0.2) is 16.0 Å². The van der Waals surface area contributed by atoms with Gasteiger partial charge in [0.25, 0.3) is 5.69 Å². The summed E-state index contributed by atoms with van der Waals surface area (Å²) in [6.07, 6.45) is 0. The lowest BCUT2D eigenvalue weighted by Gasteiger charge is -2.17. The average Bonchev–Trinajstić information content (AvgIpc) is 2.90. The molecule has 106 valence electrons. The lowest BCUT2D eigenvalue weighted by Crippen LogP contribution is -2.15. The summed E-state index contributed by atoms with van der Waals surface area (Å²) in [7, 11) is 0. The first-order valence-corrected chi connectivity index (χ1v) is 6.40. The van der Waals surface area contributed by atoms with Crippen LogP contribution in [0.1, 0.15) is 21.5 Å². The minimum absolute atomic E-state index is 0.291. The summed E-state index contributed by atoms with van der Waals surface area (Å²) in [5.41, 5.74) is 2.35. The molecular weight excluding hydrogens is 272 g/mol. The molecule has 0 atom stereocenters. The second-order valence-corrected chi connectivity index (χ2v) is 4.89. The zero-order chi connectivity index (χ0) is 15.0. The summed E-state index contributed by atoms with van der Waals surface area (Å²) in [4.78, 5) is 23.4. The molecule has 0 saturated carbocycles. The maximum Gasteiger partial charge on any atom is 0.342 e. The molecule has 2 aromatic rings. The molecule has 2 aromatic carbocycles. The summed E-state index contributed by atoms with van der Waals surface area (Å²) < 4.78 is 0. The van der Waals surface area contributed by atoms with Gasteiger partial charge in [0.2, 0.25) is 0 Å². The van der Waals surface area contributed by atoms with Crippen LogP contribution < -0.4 is 4.90 Å². The molecule has 0 saturated heterocycles. The van der Waals surface area contributed by atoms with Crippen LogP contribution in [0.25, 0.3) is 0 Å². The third-order valence-electron chi connectivity index (χ3n) is 3.61. The van der Waals surface area contributed by atoms with Gasteiger partial charge in [-0.2, -0.15) is 0 Å². The van der Waals surface area contributed by atoms with Gasteiger partial charge in [-0.15, -0.1) is 0 Å². The summed E-state index contributed by atoms with van der Waals surface area (Å²) in [6, 6.07) is 12.2. The molecule has 21 heavy (non-hydrogen) atoms. The number of carboxylic acids is 1. The van der Waals surface area contributed by atoms with Crippen LogP contribution in [0.2, 0.25) is 0 Å². The van der Waals surface area contributed by atoms with Crippen LogP contribution in [0.3, 0.4) is 0 Å². The van der Waals surface area contributed by atoms with Crippen LogP contribution >= 0.6 is 0 Å². The van der Waals surface area contributed by atoms with Crippen molar-refractivity contribution in [2.24, 2.45) is 0 Å². The molecule has 1 N–H and O–H groups in total. The van der Waals surface area contributed by atoms with E-state index < -0.39 is 10.9 Å². The second-order valence-electron chi connectivity index (χ2n) is 4.89. The monoisotopic (exact) mass is 284 g/mol. The van der Waals surface area contributed by atoms with E-state index in [9.17, 15) is 14.9 Å². The highest BCUT2D eigenvalue weighted by atomic mass is 16.6. The van der Waals surface area contributed by atoms with E-state index in [1.165, 1.54) is 23.3 Å². The summed E-state index contributed by atoms with van der Waals surface area (Å²) in [5, 5.41) is 20.0. The van der Waals surface area contributed by atoms with Gasteiger partial charge in [0.1, 0.15) is 5.56 Å². The molecule has 0 bridgehead atoms. The van der Waals surface area contributed by atoms with Gasteiger partial charge < -0.3 is 10.0 Å². The van der Waals surface area contributed by atoms with Gasteiger partial charge >= 0.3 is 5.97 Å². The molecule has 1 heterocycles. The van der Waals surface area contributed by atoms with Crippen molar-refractivity contribution in [1.82, 2.24) is 0 Å². The Balaban J connectivity index is 1.96. The number of nitro benzene ring substituents is 1. The largest absolute Gasteiger partial charge is 0.477 e. The van der Waals surface area contributed by atoms with Crippen LogP contribution in [0, 0.1) is 10.1 Å². The van der Waals surface area contributed by atoms with Gasteiger partial charge in [-0.1, -0.05) is 24.3 Å². The normalized spacial score (nSPS) is 13.0. The van der Waals surface area contributed by atoms with Crippen molar-refractivity contribution in [2.75, 3.05) is 4.90 Å². The molecule has 6 heteroatoms. The number of hydrogen-bond acceptors (Lipinski definition) is 4. The Bertz CT molecular complexity index is 717. The van der Waals surface area contributed by atoms with Crippen LogP contribution in [0.15, 0.2) is 42.5 Å². The zero-order valence-corrected chi connectivity index (χ0v) is 11.0. The van der Waals surface area contributed by atoms with Gasteiger partial charge in [0.05, 0.1) is 4.92 Å². The fourth-order valence-corrected chi connectivity index (χ4v) is 2.56. The SMILES string of the molecule is O=C(O)c1ccc(N2Cc3ccccc3C2)cc1[N+](=O)[O-]. The van der Waals surface area contributed by atoms with Crippen LogP contribution in [0.5, 0.6) is 0 Å². The predicted molar refractivity (Wildman–Crippen MR) is 76.4 cm³/mol. The van der Waals surface area contributed by atoms with E-state index in [2.05, 4.69) is 0 Å². The molecule has 0 fully saturated rings. The van der Waals surface area contributed by atoms with Crippen molar-refractivity contribution in [3.63, 3.8) is 0 Å². The maximum atomic E-state index is 11.0. The van der Waals surface area contributed by atoms with E-state index in [1.54, 1.807) is 6.07 Å². The molecule has 0 unspecified atom stereocenters. The van der Waals surface area contributed by atoms with Crippen LogP contribution in [-0.2, 0) is 13.1 Å². The molecule has 0 spiro atoms.